The van der Waals surface area contributed by atoms with Crippen molar-refractivity contribution in [2.24, 2.45) is 0 Å². The van der Waals surface area contributed by atoms with Crippen molar-refractivity contribution >= 4 is 11.9 Å². The second kappa shape index (κ2) is 6.65. The normalized spacial score (nSPS) is 17.6. The van der Waals surface area contributed by atoms with E-state index in [1.165, 1.54) is 4.90 Å². The van der Waals surface area contributed by atoms with Crippen LogP contribution in [0.1, 0.15) is 39.2 Å². The Bertz CT molecular complexity index is 605. The molecule has 1 atom stereocenters. The number of ketones is 1. The van der Waals surface area contributed by atoms with E-state index in [1.807, 2.05) is 51.1 Å². The third-order valence-electron chi connectivity index (χ3n) is 3.29. The number of Topliss-reactive ketones (excluding diaryl/α,β-unsaturated/α-hetero) is 1. The molecule has 4 nitrogen and oxygen atoms in total. The highest BCUT2D eigenvalue weighted by Crippen LogP contribution is 2.21. The van der Waals surface area contributed by atoms with Crippen LogP contribution in [0.2, 0.25) is 0 Å². The first-order chi connectivity index (χ1) is 10.4. The molecule has 1 aromatic carbocycles. The summed E-state index contributed by atoms with van der Waals surface area (Å²) in [4.78, 5) is 25.9. The Balaban J connectivity index is 2.06. The number of carbonyl (C=O) groups excluding carboxylic acids is 2. The smallest absolute Gasteiger partial charge is 0.410 e. The number of amides is 1. The fourth-order valence-corrected chi connectivity index (χ4v) is 2.32. The van der Waals surface area contributed by atoms with Crippen molar-refractivity contribution in [2.75, 3.05) is 6.54 Å². The van der Waals surface area contributed by atoms with E-state index in [9.17, 15) is 9.59 Å². The van der Waals surface area contributed by atoms with Gasteiger partial charge in [0.1, 0.15) is 11.6 Å². The van der Waals surface area contributed by atoms with E-state index in [0.29, 0.717) is 13.0 Å². The van der Waals surface area contributed by atoms with Gasteiger partial charge in [-0.2, -0.15) is 0 Å². The number of benzene rings is 1. The molecule has 22 heavy (non-hydrogen) atoms. The molecule has 0 N–H and O–H groups in total. The molecule has 4 heteroatoms. The first-order valence-electron chi connectivity index (χ1n) is 7.47. The Morgan fingerprint density at radius 2 is 1.91 bits per heavy atom. The molecule has 1 aliphatic heterocycles. The number of likely N-dealkylation sites (tertiary alicyclic amines) is 1. The molecular formula is C18H21NO3. The lowest BCUT2D eigenvalue weighted by Crippen LogP contribution is -2.43. The second-order valence-electron chi connectivity index (χ2n) is 6.31. The summed E-state index contributed by atoms with van der Waals surface area (Å²) in [7, 11) is 0. The lowest BCUT2D eigenvalue weighted by atomic mass is 10.1. The van der Waals surface area contributed by atoms with Gasteiger partial charge in [0.05, 0.1) is 0 Å². The van der Waals surface area contributed by atoms with Crippen LogP contribution in [-0.4, -0.2) is 35.0 Å². The van der Waals surface area contributed by atoms with Crippen LogP contribution < -0.4 is 0 Å². The van der Waals surface area contributed by atoms with E-state index in [2.05, 4.69) is 11.8 Å². The van der Waals surface area contributed by atoms with Crippen LogP contribution in [0.4, 0.5) is 4.79 Å². The minimum absolute atomic E-state index is 0.229. The van der Waals surface area contributed by atoms with Crippen LogP contribution >= 0.6 is 0 Å². The van der Waals surface area contributed by atoms with Gasteiger partial charge < -0.3 is 4.74 Å². The molecule has 0 saturated carbocycles. The topological polar surface area (TPSA) is 46.6 Å². The Morgan fingerprint density at radius 1 is 1.23 bits per heavy atom. The lowest BCUT2D eigenvalue weighted by molar-refractivity contribution is -0.117. The predicted molar refractivity (Wildman–Crippen MR) is 84.3 cm³/mol. The molecule has 0 spiro atoms. The van der Waals surface area contributed by atoms with Crippen molar-refractivity contribution in [1.82, 2.24) is 4.90 Å². The maximum atomic E-state index is 12.3. The molecule has 1 saturated heterocycles. The van der Waals surface area contributed by atoms with Crippen LogP contribution in [0, 0.1) is 11.8 Å². The molecule has 116 valence electrons. The zero-order valence-corrected chi connectivity index (χ0v) is 13.3. The summed E-state index contributed by atoms with van der Waals surface area (Å²) < 4.78 is 5.35. The monoisotopic (exact) mass is 299 g/mol. The van der Waals surface area contributed by atoms with Gasteiger partial charge in [0, 0.05) is 12.1 Å². The molecule has 0 bridgehead atoms. The van der Waals surface area contributed by atoms with Gasteiger partial charge in [-0.15, -0.1) is 0 Å². The molecule has 0 aromatic heterocycles. The van der Waals surface area contributed by atoms with Crippen molar-refractivity contribution in [3.63, 3.8) is 0 Å². The van der Waals surface area contributed by atoms with Gasteiger partial charge in [0.25, 0.3) is 0 Å². The average molecular weight is 299 g/mol. The lowest BCUT2D eigenvalue weighted by Gasteiger charge is -2.27. The highest BCUT2D eigenvalue weighted by molar-refractivity contribution is 6.01. The van der Waals surface area contributed by atoms with E-state index in [-0.39, 0.29) is 5.78 Å². The van der Waals surface area contributed by atoms with E-state index in [4.69, 9.17) is 4.74 Å². The fourth-order valence-electron chi connectivity index (χ4n) is 2.32. The summed E-state index contributed by atoms with van der Waals surface area (Å²) in [5.74, 6) is 5.27. The van der Waals surface area contributed by atoms with Crippen molar-refractivity contribution in [3.05, 3.63) is 35.9 Å². The molecule has 2 rings (SSSR count). The van der Waals surface area contributed by atoms with Gasteiger partial charge in [0.2, 0.25) is 5.78 Å². The summed E-state index contributed by atoms with van der Waals surface area (Å²) in [5, 5.41) is 0. The van der Waals surface area contributed by atoms with Crippen molar-refractivity contribution in [2.45, 2.75) is 45.3 Å². The minimum atomic E-state index is -0.566. The van der Waals surface area contributed by atoms with Gasteiger partial charge in [-0.1, -0.05) is 24.1 Å². The van der Waals surface area contributed by atoms with Crippen molar-refractivity contribution in [1.29, 1.82) is 0 Å². The van der Waals surface area contributed by atoms with E-state index < -0.39 is 17.7 Å². The zero-order chi connectivity index (χ0) is 16.2. The SMILES string of the molecule is CC(C)(C)OC(=O)N1CCC[C@H]1C(=O)C#Cc1ccccc1. The minimum Gasteiger partial charge on any atom is -0.444 e. The van der Waals surface area contributed by atoms with Crippen LogP contribution in [-0.2, 0) is 9.53 Å². The fraction of sp³-hybridized carbons (Fsp3) is 0.444. The molecule has 1 fully saturated rings. The van der Waals surface area contributed by atoms with Crippen molar-refractivity contribution in [3.8, 4) is 11.8 Å². The van der Waals surface area contributed by atoms with Gasteiger partial charge in [0.15, 0.2) is 0 Å². The Kier molecular flexibility index (Phi) is 4.87. The highest BCUT2D eigenvalue weighted by atomic mass is 16.6. The third-order valence-corrected chi connectivity index (χ3v) is 3.29. The quantitative estimate of drug-likeness (QED) is 0.749. The molecule has 0 unspecified atom stereocenters. The van der Waals surface area contributed by atoms with Crippen molar-refractivity contribution < 1.29 is 14.3 Å². The Labute approximate surface area is 131 Å². The summed E-state index contributed by atoms with van der Waals surface area (Å²) >= 11 is 0. The summed E-state index contributed by atoms with van der Waals surface area (Å²) in [6, 6.07) is 8.84. The standard InChI is InChI=1S/C18H21NO3/c1-18(2,3)22-17(21)19-13-7-10-15(19)16(20)12-11-14-8-5-4-6-9-14/h4-6,8-9,15H,7,10,13H2,1-3H3/t15-/m0/s1. The van der Waals surface area contributed by atoms with Gasteiger partial charge >= 0.3 is 6.09 Å². The first-order valence-corrected chi connectivity index (χ1v) is 7.47. The Hall–Kier alpha value is -2.28. The number of hydrogen-bond acceptors (Lipinski definition) is 3. The van der Waals surface area contributed by atoms with E-state index >= 15 is 0 Å². The van der Waals surface area contributed by atoms with Crippen LogP contribution in [0.5, 0.6) is 0 Å². The molecule has 0 radical (unpaired) electrons. The van der Waals surface area contributed by atoms with Gasteiger partial charge in [-0.3, -0.25) is 9.69 Å². The number of rotatable bonds is 1. The maximum Gasteiger partial charge on any atom is 0.410 e. The number of carbonyl (C=O) groups is 2. The van der Waals surface area contributed by atoms with E-state index in [0.717, 1.165) is 12.0 Å². The zero-order valence-electron chi connectivity index (χ0n) is 13.3. The molecule has 1 aliphatic rings. The second-order valence-corrected chi connectivity index (χ2v) is 6.31. The molecule has 1 aromatic rings. The molecule has 0 aliphatic carbocycles. The molecule has 1 amide bonds. The third kappa shape index (κ3) is 4.36. The Morgan fingerprint density at radius 3 is 2.55 bits per heavy atom. The van der Waals surface area contributed by atoms with Crippen LogP contribution in [0.25, 0.3) is 0 Å². The predicted octanol–water partition coefficient (Wildman–Crippen LogP) is 3.01. The van der Waals surface area contributed by atoms with Crippen LogP contribution in [0.3, 0.4) is 0 Å². The van der Waals surface area contributed by atoms with Gasteiger partial charge in [-0.05, 0) is 51.7 Å². The number of hydrogen-bond donors (Lipinski definition) is 0. The summed E-state index contributed by atoms with van der Waals surface area (Å²) in [6.07, 6.45) is 0.995. The summed E-state index contributed by atoms with van der Waals surface area (Å²) in [5.41, 5.74) is 0.223. The number of nitrogens with zero attached hydrogens (tertiary/aromatic N) is 1. The highest BCUT2D eigenvalue weighted by Gasteiger charge is 2.35. The molecular weight excluding hydrogens is 278 g/mol. The van der Waals surface area contributed by atoms with Crippen LogP contribution in [0.15, 0.2) is 30.3 Å². The molecule has 1 heterocycles. The summed E-state index contributed by atoms with van der Waals surface area (Å²) in [6.45, 7) is 5.98. The number of ether oxygens (including phenoxy) is 1. The van der Waals surface area contributed by atoms with Gasteiger partial charge in [-0.25, -0.2) is 4.79 Å². The maximum absolute atomic E-state index is 12.3. The van der Waals surface area contributed by atoms with E-state index in [1.54, 1.807) is 0 Å². The first kappa shape index (κ1) is 16.1. The average Bonchev–Trinajstić information content (AvgIpc) is 2.93. The largest absolute Gasteiger partial charge is 0.444 e.